The van der Waals surface area contributed by atoms with Crippen LogP contribution in [-0.2, 0) is 22.8 Å². The monoisotopic (exact) mass is 407 g/mol. The molecule has 2 aromatic rings. The van der Waals surface area contributed by atoms with E-state index >= 15 is 0 Å². The van der Waals surface area contributed by atoms with Gasteiger partial charge in [-0.05, 0) is 19.1 Å². The molecule has 0 saturated heterocycles. The van der Waals surface area contributed by atoms with Crippen molar-refractivity contribution in [2.75, 3.05) is 12.4 Å². The first-order chi connectivity index (χ1) is 12.5. The summed E-state index contributed by atoms with van der Waals surface area (Å²) in [4.78, 5) is 27.3. The maximum Gasteiger partial charge on any atom is 0.433 e. The second-order valence-corrected chi connectivity index (χ2v) is 5.96. The highest BCUT2D eigenvalue weighted by Crippen LogP contribution is 2.32. The summed E-state index contributed by atoms with van der Waals surface area (Å²) in [5.74, 6) is -1.58. The van der Waals surface area contributed by atoms with Crippen molar-refractivity contribution < 1.29 is 27.1 Å². The number of carbonyl (C=O) groups is 1. The van der Waals surface area contributed by atoms with Crippen LogP contribution in [0.25, 0.3) is 11.3 Å². The zero-order valence-electron chi connectivity index (χ0n) is 14.3. The lowest BCUT2D eigenvalue weighted by atomic mass is 10.1. The lowest BCUT2D eigenvalue weighted by Crippen LogP contribution is -2.28. The quantitative estimate of drug-likeness (QED) is 0.622. The van der Waals surface area contributed by atoms with Crippen molar-refractivity contribution in [1.82, 2.24) is 9.55 Å². The van der Waals surface area contributed by atoms with Crippen molar-refractivity contribution in [2.45, 2.75) is 19.1 Å². The fraction of sp³-hybridized carbons (Fsp3) is 0.312. The molecule has 0 radical (unpaired) electrons. The van der Waals surface area contributed by atoms with Gasteiger partial charge in [0, 0.05) is 12.6 Å². The Labute approximate surface area is 155 Å². The topological polar surface area (TPSA) is 73.2 Å². The molecule has 1 heterocycles. The van der Waals surface area contributed by atoms with E-state index in [1.54, 1.807) is 0 Å². The van der Waals surface area contributed by atoms with Crippen molar-refractivity contribution in [3.8, 4) is 11.3 Å². The summed E-state index contributed by atoms with van der Waals surface area (Å²) in [6, 6.07) is 1.10. The SMILES string of the molecule is COC(=O)C(C)Nc1cc(-c2ncc(C(F)(F)F)n(C)c2=O)c(F)cc1Cl. The number of aromatic nitrogens is 2. The maximum absolute atomic E-state index is 14.3. The van der Waals surface area contributed by atoms with E-state index in [-0.39, 0.29) is 16.3 Å². The maximum atomic E-state index is 14.3. The molecule has 1 aromatic heterocycles. The smallest absolute Gasteiger partial charge is 0.433 e. The highest BCUT2D eigenvalue weighted by molar-refractivity contribution is 6.33. The average Bonchev–Trinajstić information content (AvgIpc) is 2.58. The van der Waals surface area contributed by atoms with Crippen LogP contribution in [0.2, 0.25) is 5.02 Å². The van der Waals surface area contributed by atoms with Gasteiger partial charge in [0.15, 0.2) is 0 Å². The number of hydrogen-bond donors (Lipinski definition) is 1. The third-order valence-corrected chi connectivity index (χ3v) is 4.03. The molecule has 1 atom stereocenters. The Bertz CT molecular complexity index is 944. The zero-order chi connectivity index (χ0) is 20.5. The Hall–Kier alpha value is -2.62. The molecule has 0 saturated carbocycles. The van der Waals surface area contributed by atoms with Crippen LogP contribution in [0.1, 0.15) is 12.6 Å². The molecule has 1 unspecified atom stereocenters. The number of hydrogen-bond acceptors (Lipinski definition) is 5. The number of nitrogens with zero attached hydrogens (tertiary/aromatic N) is 2. The Morgan fingerprint density at radius 3 is 2.56 bits per heavy atom. The molecule has 146 valence electrons. The van der Waals surface area contributed by atoms with Crippen LogP contribution in [0.5, 0.6) is 0 Å². The van der Waals surface area contributed by atoms with E-state index in [0.29, 0.717) is 10.8 Å². The van der Waals surface area contributed by atoms with Crippen LogP contribution in [0, 0.1) is 5.82 Å². The first-order valence-corrected chi connectivity index (χ1v) is 7.82. The van der Waals surface area contributed by atoms with Gasteiger partial charge in [-0.25, -0.2) is 14.2 Å². The highest BCUT2D eigenvalue weighted by Gasteiger charge is 2.35. The minimum absolute atomic E-state index is 0.0784. The number of rotatable bonds is 4. The molecule has 11 heteroatoms. The van der Waals surface area contributed by atoms with E-state index in [2.05, 4.69) is 15.0 Å². The van der Waals surface area contributed by atoms with Crippen molar-refractivity contribution in [3.05, 3.63) is 45.2 Å². The van der Waals surface area contributed by atoms with Gasteiger partial charge >= 0.3 is 12.1 Å². The van der Waals surface area contributed by atoms with Gasteiger partial charge in [0.25, 0.3) is 5.56 Å². The molecule has 0 amide bonds. The number of alkyl halides is 3. The Morgan fingerprint density at radius 1 is 1.37 bits per heavy atom. The number of benzene rings is 1. The normalized spacial score (nSPS) is 12.6. The fourth-order valence-corrected chi connectivity index (χ4v) is 2.50. The average molecular weight is 408 g/mol. The number of halogens is 5. The molecule has 0 aliphatic rings. The molecule has 0 aliphatic heterocycles. The lowest BCUT2D eigenvalue weighted by Gasteiger charge is -2.16. The summed E-state index contributed by atoms with van der Waals surface area (Å²) in [6.07, 6.45) is -4.35. The van der Waals surface area contributed by atoms with Gasteiger partial charge in [0.1, 0.15) is 23.2 Å². The second-order valence-electron chi connectivity index (χ2n) is 5.56. The number of ether oxygens (including phenoxy) is 1. The summed E-state index contributed by atoms with van der Waals surface area (Å²) in [5.41, 5.74) is -3.24. The van der Waals surface area contributed by atoms with E-state index in [0.717, 1.165) is 19.2 Å². The number of methoxy groups -OCH3 is 1. The van der Waals surface area contributed by atoms with Crippen LogP contribution < -0.4 is 10.9 Å². The van der Waals surface area contributed by atoms with Crippen molar-refractivity contribution in [1.29, 1.82) is 0 Å². The molecule has 0 aliphatic carbocycles. The molecular formula is C16H14ClF4N3O3. The van der Waals surface area contributed by atoms with E-state index in [1.165, 1.54) is 14.0 Å². The standard InChI is InChI=1S/C16H14ClF4N3O3/c1-7(15(26)27-3)23-11-4-8(10(18)5-9(11)17)13-14(25)24(2)12(6-22-13)16(19,20)21/h4-7,23H,1-3H3. The summed E-state index contributed by atoms with van der Waals surface area (Å²) in [6.45, 7) is 1.46. The number of nitrogens with one attached hydrogen (secondary N) is 1. The Morgan fingerprint density at radius 2 is 2.00 bits per heavy atom. The minimum Gasteiger partial charge on any atom is -0.467 e. The first-order valence-electron chi connectivity index (χ1n) is 7.44. The number of anilines is 1. The van der Waals surface area contributed by atoms with Crippen molar-refractivity contribution >= 4 is 23.3 Å². The molecule has 0 fully saturated rings. The minimum atomic E-state index is -4.79. The van der Waals surface area contributed by atoms with Crippen LogP contribution in [-0.4, -0.2) is 28.7 Å². The van der Waals surface area contributed by atoms with Gasteiger partial charge < -0.3 is 14.6 Å². The van der Waals surface area contributed by atoms with E-state index < -0.39 is 41.0 Å². The van der Waals surface area contributed by atoms with Gasteiger partial charge in [-0.1, -0.05) is 11.6 Å². The highest BCUT2D eigenvalue weighted by atomic mass is 35.5. The third-order valence-electron chi connectivity index (χ3n) is 3.71. The van der Waals surface area contributed by atoms with Crippen molar-refractivity contribution in [2.24, 2.45) is 7.05 Å². The Kier molecular flexibility index (Phi) is 5.79. The number of esters is 1. The Balaban J connectivity index is 2.57. The predicted molar refractivity (Wildman–Crippen MR) is 90.0 cm³/mol. The van der Waals surface area contributed by atoms with Crippen molar-refractivity contribution in [3.63, 3.8) is 0 Å². The van der Waals surface area contributed by atoms with Gasteiger partial charge in [0.2, 0.25) is 0 Å². The summed E-state index contributed by atoms with van der Waals surface area (Å²) < 4.78 is 57.8. The predicted octanol–water partition coefficient (Wildman–Crippen LogP) is 3.23. The lowest BCUT2D eigenvalue weighted by molar-refractivity contribution is -0.144. The van der Waals surface area contributed by atoms with Gasteiger partial charge in [-0.2, -0.15) is 13.2 Å². The second kappa shape index (κ2) is 7.55. The van der Waals surface area contributed by atoms with Gasteiger partial charge in [-0.3, -0.25) is 4.79 Å². The summed E-state index contributed by atoms with van der Waals surface area (Å²) in [7, 11) is 2.08. The zero-order valence-corrected chi connectivity index (χ0v) is 15.1. The molecular weight excluding hydrogens is 394 g/mol. The largest absolute Gasteiger partial charge is 0.467 e. The number of carbonyl (C=O) groups excluding carboxylic acids is 1. The van der Waals surface area contributed by atoms with Crippen LogP contribution >= 0.6 is 11.6 Å². The van der Waals surface area contributed by atoms with E-state index in [4.69, 9.17) is 11.6 Å². The molecule has 1 aromatic carbocycles. The molecule has 0 spiro atoms. The summed E-state index contributed by atoms with van der Waals surface area (Å²) in [5, 5.41) is 2.58. The summed E-state index contributed by atoms with van der Waals surface area (Å²) >= 11 is 5.93. The molecule has 1 N–H and O–H groups in total. The van der Waals surface area contributed by atoms with E-state index in [9.17, 15) is 27.2 Å². The molecule has 0 bridgehead atoms. The molecule has 2 rings (SSSR count). The van der Waals surface area contributed by atoms with Gasteiger partial charge in [-0.15, -0.1) is 0 Å². The molecule has 27 heavy (non-hydrogen) atoms. The fourth-order valence-electron chi connectivity index (χ4n) is 2.29. The van der Waals surface area contributed by atoms with Crippen LogP contribution in [0.4, 0.5) is 23.2 Å². The first kappa shape index (κ1) is 20.7. The third kappa shape index (κ3) is 4.21. The molecule has 6 nitrogen and oxygen atoms in total. The van der Waals surface area contributed by atoms with Gasteiger partial charge in [0.05, 0.1) is 24.0 Å². The van der Waals surface area contributed by atoms with E-state index in [1.807, 2.05) is 0 Å². The van der Waals surface area contributed by atoms with Crippen LogP contribution in [0.15, 0.2) is 23.1 Å². The van der Waals surface area contributed by atoms with Crippen LogP contribution in [0.3, 0.4) is 0 Å².